The second-order valence-corrected chi connectivity index (χ2v) is 6.90. The number of nitrogens with zero attached hydrogens (tertiary/aromatic N) is 2. The highest BCUT2D eigenvalue weighted by atomic mass is 32.2. The molecule has 1 amide bonds. The number of thioether (sulfide) groups is 1. The Morgan fingerprint density at radius 1 is 1.26 bits per heavy atom. The number of carbonyl (C=O) groups is 1. The fourth-order valence-electron chi connectivity index (χ4n) is 2.68. The molecule has 0 saturated carbocycles. The van der Waals surface area contributed by atoms with Crippen LogP contribution in [-0.4, -0.2) is 27.7 Å². The fraction of sp³-hybridized carbons (Fsp3) is 0.250. The maximum absolute atomic E-state index is 12.8. The lowest BCUT2D eigenvalue weighted by Crippen LogP contribution is -2.27. The molecular formula is C20H22N4O2S. The molecule has 27 heavy (non-hydrogen) atoms. The standard InChI is InChI=1S/C20H22N4O2S/c1-3-26-17-9-6-8-15(11-17)14(2)23-19(25)18-10-5-4-7-16(18)12-27-20-21-13-22-24-20/h4-11,13-14H,3,12H2,1-2H3,(H,23,25)(H,21,22,24). The average molecular weight is 382 g/mol. The van der Waals surface area contributed by atoms with Crippen molar-refractivity contribution in [2.24, 2.45) is 0 Å². The largest absolute Gasteiger partial charge is 0.494 e. The van der Waals surface area contributed by atoms with Crippen LogP contribution in [0, 0.1) is 0 Å². The van der Waals surface area contributed by atoms with Crippen LogP contribution in [0.5, 0.6) is 5.75 Å². The molecule has 0 aliphatic heterocycles. The van der Waals surface area contributed by atoms with Gasteiger partial charge in [0.15, 0.2) is 5.16 Å². The number of ether oxygens (including phenoxy) is 1. The molecule has 1 unspecified atom stereocenters. The summed E-state index contributed by atoms with van der Waals surface area (Å²) in [5, 5.41) is 10.5. The van der Waals surface area contributed by atoms with Gasteiger partial charge >= 0.3 is 0 Å². The van der Waals surface area contributed by atoms with E-state index < -0.39 is 0 Å². The third-order valence-corrected chi connectivity index (χ3v) is 4.96. The highest BCUT2D eigenvalue weighted by molar-refractivity contribution is 7.98. The number of aromatic amines is 1. The van der Waals surface area contributed by atoms with E-state index in [0.29, 0.717) is 17.9 Å². The summed E-state index contributed by atoms with van der Waals surface area (Å²) in [5.74, 6) is 1.34. The molecule has 0 fully saturated rings. The highest BCUT2D eigenvalue weighted by Gasteiger charge is 2.15. The molecule has 0 radical (unpaired) electrons. The normalized spacial score (nSPS) is 11.8. The van der Waals surface area contributed by atoms with Crippen LogP contribution in [-0.2, 0) is 5.75 Å². The molecule has 0 bridgehead atoms. The molecule has 7 heteroatoms. The summed E-state index contributed by atoms with van der Waals surface area (Å²) in [6.07, 6.45) is 1.47. The molecule has 0 aliphatic carbocycles. The van der Waals surface area contributed by atoms with Crippen LogP contribution in [0.25, 0.3) is 0 Å². The van der Waals surface area contributed by atoms with Crippen molar-refractivity contribution in [3.8, 4) is 5.75 Å². The maximum Gasteiger partial charge on any atom is 0.252 e. The fourth-order valence-corrected chi connectivity index (χ4v) is 3.46. The molecule has 0 spiro atoms. The van der Waals surface area contributed by atoms with Crippen molar-refractivity contribution < 1.29 is 9.53 Å². The van der Waals surface area contributed by atoms with Crippen molar-refractivity contribution in [1.29, 1.82) is 0 Å². The minimum Gasteiger partial charge on any atom is -0.494 e. The zero-order valence-corrected chi connectivity index (χ0v) is 16.1. The van der Waals surface area contributed by atoms with E-state index in [1.165, 1.54) is 18.1 Å². The lowest BCUT2D eigenvalue weighted by molar-refractivity contribution is 0.0939. The molecule has 2 N–H and O–H groups in total. The van der Waals surface area contributed by atoms with E-state index >= 15 is 0 Å². The minimum atomic E-state index is -0.132. The lowest BCUT2D eigenvalue weighted by Gasteiger charge is -2.17. The van der Waals surface area contributed by atoms with Gasteiger partial charge in [-0.25, -0.2) is 4.98 Å². The number of nitrogens with one attached hydrogen (secondary N) is 2. The van der Waals surface area contributed by atoms with Crippen molar-refractivity contribution in [2.45, 2.75) is 30.8 Å². The van der Waals surface area contributed by atoms with E-state index in [1.807, 2.05) is 62.4 Å². The lowest BCUT2D eigenvalue weighted by atomic mass is 10.1. The van der Waals surface area contributed by atoms with E-state index in [4.69, 9.17) is 4.74 Å². The van der Waals surface area contributed by atoms with Gasteiger partial charge in [0.05, 0.1) is 12.6 Å². The summed E-state index contributed by atoms with van der Waals surface area (Å²) in [6.45, 7) is 4.53. The Morgan fingerprint density at radius 3 is 2.89 bits per heavy atom. The van der Waals surface area contributed by atoms with Crippen molar-refractivity contribution in [3.63, 3.8) is 0 Å². The molecule has 0 saturated heterocycles. The third-order valence-electron chi connectivity index (χ3n) is 4.04. The van der Waals surface area contributed by atoms with Gasteiger partial charge in [0, 0.05) is 11.3 Å². The van der Waals surface area contributed by atoms with Gasteiger partial charge in [-0.3, -0.25) is 9.89 Å². The van der Waals surface area contributed by atoms with Crippen molar-refractivity contribution >= 4 is 17.7 Å². The number of benzene rings is 2. The third kappa shape index (κ3) is 5.10. The summed E-state index contributed by atoms with van der Waals surface area (Å²) in [4.78, 5) is 16.9. The van der Waals surface area contributed by atoms with Crippen molar-refractivity contribution in [1.82, 2.24) is 20.5 Å². The van der Waals surface area contributed by atoms with Crippen LogP contribution in [0.2, 0.25) is 0 Å². The number of hydrogen-bond donors (Lipinski definition) is 2. The van der Waals surface area contributed by atoms with Gasteiger partial charge in [-0.1, -0.05) is 42.1 Å². The first-order valence-electron chi connectivity index (χ1n) is 8.77. The SMILES string of the molecule is CCOc1cccc(C(C)NC(=O)c2ccccc2CSc2ncn[nH]2)c1. The predicted molar refractivity (Wildman–Crippen MR) is 106 cm³/mol. The summed E-state index contributed by atoms with van der Waals surface area (Å²) in [5.41, 5.74) is 2.62. The van der Waals surface area contributed by atoms with Crippen LogP contribution in [0.3, 0.4) is 0 Å². The Kier molecular flexibility index (Phi) is 6.49. The van der Waals surface area contributed by atoms with E-state index in [0.717, 1.165) is 22.0 Å². The van der Waals surface area contributed by atoms with Crippen molar-refractivity contribution in [2.75, 3.05) is 6.61 Å². The predicted octanol–water partition coefficient (Wildman–Crippen LogP) is 3.99. The molecule has 1 aromatic heterocycles. The summed E-state index contributed by atoms with van der Waals surface area (Å²) in [7, 11) is 0. The average Bonchev–Trinajstić information content (AvgIpc) is 3.20. The second kappa shape index (κ2) is 9.23. The van der Waals surface area contributed by atoms with Crippen molar-refractivity contribution in [3.05, 3.63) is 71.5 Å². The number of amides is 1. The summed E-state index contributed by atoms with van der Waals surface area (Å²) < 4.78 is 5.54. The monoisotopic (exact) mass is 382 g/mol. The molecule has 2 aromatic carbocycles. The molecule has 3 aromatic rings. The first-order valence-corrected chi connectivity index (χ1v) is 9.75. The molecule has 1 atom stereocenters. The van der Waals surface area contributed by atoms with Gasteiger partial charge in [-0.05, 0) is 43.2 Å². The zero-order valence-electron chi connectivity index (χ0n) is 15.3. The van der Waals surface area contributed by atoms with E-state index in [2.05, 4.69) is 20.5 Å². The van der Waals surface area contributed by atoms with Crippen LogP contribution in [0.15, 0.2) is 60.0 Å². The van der Waals surface area contributed by atoms with E-state index in [-0.39, 0.29) is 11.9 Å². The van der Waals surface area contributed by atoms with Gasteiger partial charge in [0.1, 0.15) is 12.1 Å². The Bertz CT molecular complexity index is 883. The summed E-state index contributed by atoms with van der Waals surface area (Å²) >= 11 is 1.51. The van der Waals surface area contributed by atoms with Gasteiger partial charge in [0.25, 0.3) is 5.91 Å². The number of aromatic nitrogens is 3. The van der Waals surface area contributed by atoms with Crippen LogP contribution < -0.4 is 10.1 Å². The molecule has 0 aliphatic rings. The Labute approximate surface area is 162 Å². The molecule has 6 nitrogen and oxygen atoms in total. The number of H-pyrrole nitrogens is 1. The summed E-state index contributed by atoms with van der Waals surface area (Å²) in [6, 6.07) is 15.3. The smallest absolute Gasteiger partial charge is 0.252 e. The highest BCUT2D eigenvalue weighted by Crippen LogP contribution is 2.23. The number of rotatable bonds is 8. The van der Waals surface area contributed by atoms with Gasteiger partial charge in [-0.2, -0.15) is 5.10 Å². The van der Waals surface area contributed by atoms with Crippen LogP contribution in [0.4, 0.5) is 0 Å². The molecule has 140 valence electrons. The quantitative estimate of drug-likeness (QED) is 0.576. The molecule has 3 rings (SSSR count). The van der Waals surface area contributed by atoms with Gasteiger partial charge < -0.3 is 10.1 Å². The Balaban J connectivity index is 1.69. The molecule has 1 heterocycles. The zero-order chi connectivity index (χ0) is 19.1. The topological polar surface area (TPSA) is 79.9 Å². The Hall–Kier alpha value is -2.80. The van der Waals surface area contributed by atoms with Crippen LogP contribution in [0.1, 0.15) is 41.4 Å². The maximum atomic E-state index is 12.8. The number of hydrogen-bond acceptors (Lipinski definition) is 5. The van der Waals surface area contributed by atoms with Gasteiger partial charge in [-0.15, -0.1) is 0 Å². The first-order chi connectivity index (χ1) is 13.2. The minimum absolute atomic E-state index is 0.0990. The molecular weight excluding hydrogens is 360 g/mol. The van der Waals surface area contributed by atoms with E-state index in [9.17, 15) is 4.79 Å². The van der Waals surface area contributed by atoms with E-state index in [1.54, 1.807) is 0 Å². The van der Waals surface area contributed by atoms with Crippen LogP contribution >= 0.6 is 11.8 Å². The second-order valence-electron chi connectivity index (χ2n) is 5.94. The number of carbonyl (C=O) groups excluding carboxylic acids is 1. The van der Waals surface area contributed by atoms with Gasteiger partial charge in [0.2, 0.25) is 0 Å². The first kappa shape index (κ1) is 19.0. The Morgan fingerprint density at radius 2 is 2.11 bits per heavy atom.